The standard InChI is InChI=1S/C48H44O8/c1-33(49)55-40-25-13-34(14-26-40)47(2,3)35-15-27-41(28-16-35)56-46(50)54-32-31-53-39-23-19-37(20-24-39)48(36-17-21-38(22-18-36)52-30-29-51-4)44-11-7-5-9-42(44)43-10-6-8-12-45(43)48/h5-28H,29-32H2,1-4H3. The topological polar surface area (TPSA) is 89.5 Å². The van der Waals surface area contributed by atoms with E-state index in [-0.39, 0.29) is 24.6 Å². The maximum atomic E-state index is 12.5. The number of methoxy groups -OCH3 is 1. The van der Waals surface area contributed by atoms with Gasteiger partial charge in [-0.25, -0.2) is 4.79 Å². The van der Waals surface area contributed by atoms with Crippen LogP contribution in [0.3, 0.4) is 0 Å². The molecule has 0 amide bonds. The van der Waals surface area contributed by atoms with E-state index in [1.54, 1.807) is 31.4 Å². The van der Waals surface area contributed by atoms with Gasteiger partial charge in [0.05, 0.1) is 12.0 Å². The summed E-state index contributed by atoms with van der Waals surface area (Å²) < 4.78 is 33.0. The second kappa shape index (κ2) is 16.6. The van der Waals surface area contributed by atoms with Gasteiger partial charge in [-0.2, -0.15) is 0 Å². The van der Waals surface area contributed by atoms with Crippen LogP contribution in [-0.4, -0.2) is 45.7 Å². The summed E-state index contributed by atoms with van der Waals surface area (Å²) >= 11 is 0. The second-order valence-corrected chi connectivity index (χ2v) is 14.0. The van der Waals surface area contributed by atoms with Gasteiger partial charge in [-0.05, 0) is 93.0 Å². The molecule has 0 spiro atoms. The number of esters is 1. The molecule has 0 N–H and O–H groups in total. The Balaban J connectivity index is 0.990. The smallest absolute Gasteiger partial charge is 0.491 e. The molecule has 6 aromatic carbocycles. The first-order valence-electron chi connectivity index (χ1n) is 18.6. The van der Waals surface area contributed by atoms with E-state index in [1.807, 2.05) is 48.5 Å². The van der Waals surface area contributed by atoms with Crippen molar-refractivity contribution in [1.29, 1.82) is 0 Å². The van der Waals surface area contributed by atoms with Crippen LogP contribution in [0.2, 0.25) is 0 Å². The van der Waals surface area contributed by atoms with Crippen molar-refractivity contribution in [2.75, 3.05) is 33.5 Å². The highest BCUT2D eigenvalue weighted by atomic mass is 16.7. The number of rotatable bonds is 14. The van der Waals surface area contributed by atoms with Gasteiger partial charge < -0.3 is 28.4 Å². The number of carbonyl (C=O) groups is 2. The van der Waals surface area contributed by atoms with Crippen molar-refractivity contribution >= 4 is 12.1 Å². The molecule has 0 atom stereocenters. The highest BCUT2D eigenvalue weighted by Gasteiger charge is 2.45. The van der Waals surface area contributed by atoms with E-state index in [1.165, 1.54) is 29.2 Å². The molecule has 7 rings (SSSR count). The molecule has 284 valence electrons. The number of hydrogen-bond donors (Lipinski definition) is 0. The molecule has 6 aromatic rings. The van der Waals surface area contributed by atoms with Gasteiger partial charge in [-0.1, -0.05) is 111 Å². The Kier molecular flexibility index (Phi) is 11.2. The van der Waals surface area contributed by atoms with Crippen LogP contribution >= 0.6 is 0 Å². The molecule has 0 aliphatic heterocycles. The number of fused-ring (bicyclic) bond motifs is 3. The lowest BCUT2D eigenvalue weighted by atomic mass is 9.68. The Hall–Kier alpha value is -6.38. The summed E-state index contributed by atoms with van der Waals surface area (Å²) in [5.74, 6) is 1.95. The van der Waals surface area contributed by atoms with E-state index in [0.717, 1.165) is 28.0 Å². The van der Waals surface area contributed by atoms with Crippen LogP contribution in [0.25, 0.3) is 11.1 Å². The van der Waals surface area contributed by atoms with Gasteiger partial charge in [-0.3, -0.25) is 4.79 Å². The first kappa shape index (κ1) is 37.9. The molecule has 0 unspecified atom stereocenters. The lowest BCUT2D eigenvalue weighted by Crippen LogP contribution is -2.28. The molecule has 0 saturated carbocycles. The SMILES string of the molecule is COCCOc1ccc(C2(c3ccc(OCCOC(=O)Oc4ccc(C(C)(C)c5ccc(OC(C)=O)cc5)cc4)cc3)c3ccccc3-c3ccccc32)cc1. The maximum Gasteiger partial charge on any atom is 0.513 e. The Morgan fingerprint density at radius 2 is 0.946 bits per heavy atom. The van der Waals surface area contributed by atoms with E-state index in [9.17, 15) is 9.59 Å². The van der Waals surface area contributed by atoms with Crippen molar-refractivity contribution in [3.8, 4) is 34.1 Å². The molecule has 0 aromatic heterocycles. The van der Waals surface area contributed by atoms with Gasteiger partial charge in [0.1, 0.15) is 42.8 Å². The molecule has 8 heteroatoms. The summed E-state index contributed by atoms with van der Waals surface area (Å²) in [6, 6.07) is 48.3. The molecule has 56 heavy (non-hydrogen) atoms. The third-order valence-electron chi connectivity index (χ3n) is 10.3. The van der Waals surface area contributed by atoms with Crippen LogP contribution in [0.1, 0.15) is 54.2 Å². The lowest BCUT2D eigenvalue weighted by Gasteiger charge is -2.34. The summed E-state index contributed by atoms with van der Waals surface area (Å²) in [6.07, 6.45) is -0.812. The molecule has 0 bridgehead atoms. The van der Waals surface area contributed by atoms with E-state index < -0.39 is 11.6 Å². The number of benzene rings is 6. The van der Waals surface area contributed by atoms with E-state index in [2.05, 4.69) is 86.6 Å². The highest BCUT2D eigenvalue weighted by Crippen LogP contribution is 2.56. The van der Waals surface area contributed by atoms with Crippen molar-refractivity contribution in [3.63, 3.8) is 0 Å². The Bertz CT molecular complexity index is 2230. The van der Waals surface area contributed by atoms with E-state index in [4.69, 9.17) is 28.4 Å². The molecule has 0 fully saturated rings. The summed E-state index contributed by atoms with van der Waals surface area (Å²) in [5.41, 5.74) is 8.21. The minimum absolute atomic E-state index is 0.0124. The third kappa shape index (κ3) is 7.74. The fourth-order valence-corrected chi connectivity index (χ4v) is 7.49. The summed E-state index contributed by atoms with van der Waals surface area (Å²) in [4.78, 5) is 23.8. The minimum Gasteiger partial charge on any atom is -0.491 e. The monoisotopic (exact) mass is 748 g/mol. The maximum absolute atomic E-state index is 12.5. The molecule has 0 heterocycles. The van der Waals surface area contributed by atoms with Crippen LogP contribution < -0.4 is 18.9 Å². The first-order valence-corrected chi connectivity index (χ1v) is 18.6. The first-order chi connectivity index (χ1) is 27.2. The molecule has 1 aliphatic carbocycles. The van der Waals surface area contributed by atoms with Crippen molar-refractivity contribution in [1.82, 2.24) is 0 Å². The zero-order valence-corrected chi connectivity index (χ0v) is 32.0. The quantitative estimate of drug-likeness (QED) is 0.0470. The minimum atomic E-state index is -0.812. The number of ether oxygens (including phenoxy) is 6. The van der Waals surface area contributed by atoms with Crippen LogP contribution in [0.4, 0.5) is 4.79 Å². The van der Waals surface area contributed by atoms with Gasteiger partial charge in [0, 0.05) is 19.4 Å². The Morgan fingerprint density at radius 3 is 1.41 bits per heavy atom. The predicted molar refractivity (Wildman–Crippen MR) is 215 cm³/mol. The van der Waals surface area contributed by atoms with Crippen LogP contribution in [0.5, 0.6) is 23.0 Å². The fraction of sp³-hybridized carbons (Fsp3) is 0.208. The molecule has 1 aliphatic rings. The molecule has 8 nitrogen and oxygen atoms in total. The van der Waals surface area contributed by atoms with Crippen LogP contribution in [0, 0.1) is 0 Å². The van der Waals surface area contributed by atoms with Gasteiger partial charge in [0.25, 0.3) is 0 Å². The molecule has 0 saturated heterocycles. The zero-order valence-electron chi connectivity index (χ0n) is 32.0. The second-order valence-electron chi connectivity index (χ2n) is 14.0. The largest absolute Gasteiger partial charge is 0.513 e. The van der Waals surface area contributed by atoms with Gasteiger partial charge >= 0.3 is 12.1 Å². The van der Waals surface area contributed by atoms with Crippen molar-refractivity contribution in [2.24, 2.45) is 0 Å². The summed E-state index contributed by atoms with van der Waals surface area (Å²) in [7, 11) is 1.66. The van der Waals surface area contributed by atoms with Crippen LogP contribution in [-0.2, 0) is 25.1 Å². The van der Waals surface area contributed by atoms with Crippen molar-refractivity contribution in [3.05, 3.63) is 179 Å². The summed E-state index contributed by atoms with van der Waals surface area (Å²) in [5, 5.41) is 0. The third-order valence-corrected chi connectivity index (χ3v) is 10.3. The van der Waals surface area contributed by atoms with Crippen molar-refractivity contribution in [2.45, 2.75) is 31.6 Å². The lowest BCUT2D eigenvalue weighted by molar-refractivity contribution is -0.131. The van der Waals surface area contributed by atoms with Gasteiger partial charge in [0.15, 0.2) is 0 Å². The number of hydrogen-bond acceptors (Lipinski definition) is 8. The Morgan fingerprint density at radius 1 is 0.518 bits per heavy atom. The van der Waals surface area contributed by atoms with E-state index >= 15 is 0 Å². The Labute approximate surface area is 327 Å². The van der Waals surface area contributed by atoms with E-state index in [0.29, 0.717) is 30.5 Å². The molecular formula is C48H44O8. The van der Waals surface area contributed by atoms with Crippen LogP contribution in [0.15, 0.2) is 146 Å². The van der Waals surface area contributed by atoms with Crippen molar-refractivity contribution < 1.29 is 38.0 Å². The van der Waals surface area contributed by atoms with Gasteiger partial charge in [-0.15, -0.1) is 0 Å². The fourth-order valence-electron chi connectivity index (χ4n) is 7.49. The number of carbonyl (C=O) groups excluding carboxylic acids is 2. The zero-order chi connectivity index (χ0) is 39.1. The average Bonchev–Trinajstić information content (AvgIpc) is 3.51. The predicted octanol–water partition coefficient (Wildman–Crippen LogP) is 9.92. The summed E-state index contributed by atoms with van der Waals surface area (Å²) in [6.45, 7) is 6.72. The average molecular weight is 749 g/mol. The normalized spacial score (nSPS) is 12.6. The highest BCUT2D eigenvalue weighted by molar-refractivity contribution is 5.86. The van der Waals surface area contributed by atoms with Gasteiger partial charge in [0.2, 0.25) is 0 Å². The molecule has 0 radical (unpaired) electrons. The molecular weight excluding hydrogens is 705 g/mol.